The van der Waals surface area contributed by atoms with Gasteiger partial charge in [-0.15, -0.1) is 0 Å². The normalized spacial score (nSPS) is 20.8. The number of hydrogen-bond acceptors (Lipinski definition) is 6. The van der Waals surface area contributed by atoms with E-state index in [1.807, 2.05) is 0 Å². The molecule has 2 aliphatic rings. The third kappa shape index (κ3) is 8.25. The van der Waals surface area contributed by atoms with Gasteiger partial charge < -0.3 is 16.2 Å². The lowest BCUT2D eigenvalue weighted by Crippen LogP contribution is -2.46. The number of Topliss-reactive ketones (excluding diaryl/α,β-unsaturated/α-hetero) is 1. The van der Waals surface area contributed by atoms with Crippen molar-refractivity contribution in [3.63, 3.8) is 0 Å². The van der Waals surface area contributed by atoms with Gasteiger partial charge in [-0.25, -0.2) is 13.6 Å². The first-order valence-electron chi connectivity index (χ1n) is 12.2. The average Bonchev–Trinajstić information content (AvgIpc) is 2.83. The lowest BCUT2D eigenvalue weighted by molar-refractivity contribution is -0.135. The Morgan fingerprint density at radius 1 is 1.18 bits per heavy atom. The Labute approximate surface area is 216 Å². The number of nitrogens with zero attached hydrogens (tertiary/aromatic N) is 2. The summed E-state index contributed by atoms with van der Waals surface area (Å²) >= 11 is 0. The molecule has 5 N–H and O–H groups in total. The molecule has 0 radical (unpaired) electrons. The van der Waals surface area contributed by atoms with Crippen molar-refractivity contribution in [2.45, 2.75) is 69.5 Å². The Kier molecular flexibility index (Phi) is 9.10. The summed E-state index contributed by atoms with van der Waals surface area (Å²) in [4.78, 5) is 30.1. The van der Waals surface area contributed by atoms with Crippen LogP contribution in [0.1, 0.15) is 56.9 Å². The second-order valence-electron chi connectivity index (χ2n) is 9.45. The van der Waals surface area contributed by atoms with Crippen LogP contribution < -0.4 is 11.1 Å². The van der Waals surface area contributed by atoms with Crippen LogP contribution in [0.3, 0.4) is 0 Å². The van der Waals surface area contributed by atoms with Gasteiger partial charge in [-0.2, -0.15) is 13.2 Å². The zero-order valence-electron chi connectivity index (χ0n) is 20.6. The molecule has 0 unspecified atom stereocenters. The van der Waals surface area contributed by atoms with Crippen molar-refractivity contribution in [1.29, 1.82) is 5.41 Å². The van der Waals surface area contributed by atoms with Gasteiger partial charge in [0, 0.05) is 49.2 Å². The molecule has 2 amide bonds. The number of halogens is 5. The molecule has 0 aromatic heterocycles. The van der Waals surface area contributed by atoms with Gasteiger partial charge >= 0.3 is 12.2 Å². The SMILES string of the molecule is N=C(c1ccc(O)cc1)N(CCC(F)(F)F)C(=O)NC/C(N)=C1\CCC(=O)CC1=NC1CCC(F)(F)CC1. The highest BCUT2D eigenvalue weighted by Gasteiger charge is 2.35. The van der Waals surface area contributed by atoms with Crippen molar-refractivity contribution < 1.29 is 36.6 Å². The maximum Gasteiger partial charge on any atom is 0.390 e. The molecule has 8 nitrogen and oxygen atoms in total. The first-order chi connectivity index (χ1) is 17.7. The van der Waals surface area contributed by atoms with E-state index in [9.17, 15) is 36.6 Å². The van der Waals surface area contributed by atoms with E-state index in [0.717, 1.165) is 0 Å². The summed E-state index contributed by atoms with van der Waals surface area (Å²) in [7, 11) is 0. The van der Waals surface area contributed by atoms with Crippen LogP contribution in [-0.4, -0.2) is 64.6 Å². The van der Waals surface area contributed by atoms with E-state index < -0.39 is 36.9 Å². The summed E-state index contributed by atoms with van der Waals surface area (Å²) in [6.45, 7) is -1.10. The quantitative estimate of drug-likeness (QED) is 0.236. The van der Waals surface area contributed by atoms with E-state index in [4.69, 9.17) is 11.1 Å². The van der Waals surface area contributed by atoms with E-state index in [1.165, 1.54) is 24.3 Å². The lowest BCUT2D eigenvalue weighted by atomic mass is 9.88. The molecule has 13 heteroatoms. The summed E-state index contributed by atoms with van der Waals surface area (Å²) in [6, 6.07) is 3.71. The number of allylic oxidation sites excluding steroid dienone is 1. The van der Waals surface area contributed by atoms with E-state index in [1.54, 1.807) is 0 Å². The standard InChI is InChI=1S/C25H30F5N5O3/c26-24(27)9-7-16(8-10-24)34-21-13-18(37)5-6-19(21)20(31)14-33-23(38)35(12-11-25(28,29)30)22(32)15-1-3-17(36)4-2-15/h1-4,16,32,36H,5-14,31H2,(H,33,38)/b20-19-,32-22?,34-21?. The number of phenols is 1. The van der Waals surface area contributed by atoms with Crippen LogP contribution in [-0.2, 0) is 4.79 Å². The Morgan fingerprint density at radius 2 is 1.82 bits per heavy atom. The smallest absolute Gasteiger partial charge is 0.390 e. The topological polar surface area (TPSA) is 132 Å². The summed E-state index contributed by atoms with van der Waals surface area (Å²) in [6.07, 6.45) is -5.77. The molecule has 2 saturated carbocycles. The molecule has 2 aliphatic carbocycles. The van der Waals surface area contributed by atoms with Crippen LogP contribution in [0.25, 0.3) is 0 Å². The summed E-state index contributed by atoms with van der Waals surface area (Å²) < 4.78 is 65.7. The Morgan fingerprint density at radius 3 is 2.42 bits per heavy atom. The fourth-order valence-corrected chi connectivity index (χ4v) is 4.34. The minimum absolute atomic E-state index is 0.0138. The molecule has 38 heavy (non-hydrogen) atoms. The zero-order chi connectivity index (χ0) is 28.1. The maximum atomic E-state index is 13.5. The number of aliphatic imine (C=N–C) groups is 1. The molecule has 0 atom stereocenters. The molecule has 0 bridgehead atoms. The molecule has 0 heterocycles. The van der Waals surface area contributed by atoms with E-state index in [-0.39, 0.29) is 80.3 Å². The van der Waals surface area contributed by atoms with Crippen molar-refractivity contribution in [2.24, 2.45) is 10.7 Å². The third-order valence-electron chi connectivity index (χ3n) is 6.48. The number of nitrogens with two attached hydrogens (primary N) is 1. The van der Waals surface area contributed by atoms with E-state index >= 15 is 0 Å². The molecular weight excluding hydrogens is 513 g/mol. The van der Waals surface area contributed by atoms with Crippen molar-refractivity contribution in [1.82, 2.24) is 10.2 Å². The second-order valence-corrected chi connectivity index (χ2v) is 9.45. The summed E-state index contributed by atoms with van der Waals surface area (Å²) in [5.41, 5.74) is 7.36. The molecule has 208 valence electrons. The Balaban J connectivity index is 1.75. The highest BCUT2D eigenvalue weighted by atomic mass is 19.4. The number of nitrogens with one attached hydrogen (secondary N) is 2. The maximum absolute atomic E-state index is 13.5. The van der Waals surface area contributed by atoms with Crippen molar-refractivity contribution in [2.75, 3.05) is 13.1 Å². The van der Waals surface area contributed by atoms with Gasteiger partial charge in [0.25, 0.3) is 0 Å². The number of amides is 2. The van der Waals surface area contributed by atoms with Crippen LogP contribution in [0.2, 0.25) is 0 Å². The number of alkyl halides is 5. The van der Waals surface area contributed by atoms with Gasteiger partial charge in [-0.3, -0.25) is 20.1 Å². The van der Waals surface area contributed by atoms with Gasteiger partial charge in [0.05, 0.1) is 19.0 Å². The van der Waals surface area contributed by atoms with Crippen LogP contribution in [0.4, 0.5) is 26.7 Å². The van der Waals surface area contributed by atoms with Crippen LogP contribution in [0.5, 0.6) is 5.75 Å². The monoisotopic (exact) mass is 543 g/mol. The highest BCUT2D eigenvalue weighted by Crippen LogP contribution is 2.35. The number of carbonyl (C=O) groups is 2. The number of aromatic hydroxyl groups is 1. The van der Waals surface area contributed by atoms with E-state index in [2.05, 4.69) is 10.3 Å². The number of ketones is 1. The Hall–Kier alpha value is -3.51. The van der Waals surface area contributed by atoms with E-state index in [0.29, 0.717) is 16.2 Å². The molecule has 1 aromatic rings. The third-order valence-corrected chi connectivity index (χ3v) is 6.48. The molecule has 0 aliphatic heterocycles. The van der Waals surface area contributed by atoms with Gasteiger partial charge in [0.1, 0.15) is 17.4 Å². The number of amidine groups is 1. The molecule has 1 aromatic carbocycles. The molecule has 0 spiro atoms. The number of phenolic OH excluding ortho intramolecular Hbond substituents is 1. The first kappa shape index (κ1) is 29.1. The predicted octanol–water partition coefficient (Wildman–Crippen LogP) is 4.67. The van der Waals surface area contributed by atoms with Crippen molar-refractivity contribution >= 4 is 23.4 Å². The predicted molar refractivity (Wildman–Crippen MR) is 130 cm³/mol. The minimum Gasteiger partial charge on any atom is -0.508 e. The average molecular weight is 544 g/mol. The van der Waals surface area contributed by atoms with Gasteiger partial charge in [-0.05, 0) is 49.1 Å². The molecular formula is C25H30F5N5O3. The summed E-state index contributed by atoms with van der Waals surface area (Å²) in [5, 5.41) is 20.1. The molecule has 0 saturated heterocycles. The van der Waals surface area contributed by atoms with Crippen LogP contribution in [0, 0.1) is 5.41 Å². The van der Waals surface area contributed by atoms with Crippen LogP contribution in [0.15, 0.2) is 40.5 Å². The second kappa shape index (κ2) is 11.9. The number of hydrogen-bond donors (Lipinski definition) is 4. The molecule has 2 fully saturated rings. The number of rotatable bonds is 6. The number of urea groups is 1. The zero-order valence-corrected chi connectivity index (χ0v) is 20.6. The van der Waals surface area contributed by atoms with Crippen molar-refractivity contribution in [3.8, 4) is 5.75 Å². The highest BCUT2D eigenvalue weighted by molar-refractivity contribution is 6.14. The van der Waals surface area contributed by atoms with Crippen molar-refractivity contribution in [3.05, 3.63) is 41.1 Å². The minimum atomic E-state index is -4.57. The van der Waals surface area contributed by atoms with Gasteiger partial charge in [0.15, 0.2) is 0 Å². The largest absolute Gasteiger partial charge is 0.508 e. The Bertz CT molecular complexity index is 1110. The summed E-state index contributed by atoms with van der Waals surface area (Å²) in [5.74, 6) is -3.42. The fourth-order valence-electron chi connectivity index (χ4n) is 4.34. The number of carbonyl (C=O) groups excluding carboxylic acids is 2. The lowest BCUT2D eigenvalue weighted by Gasteiger charge is -2.28. The van der Waals surface area contributed by atoms with Gasteiger partial charge in [0.2, 0.25) is 5.92 Å². The fraction of sp³-hybridized carbons (Fsp3) is 0.520. The first-order valence-corrected chi connectivity index (χ1v) is 12.2. The molecule has 3 rings (SSSR count). The van der Waals surface area contributed by atoms with Gasteiger partial charge in [-0.1, -0.05) is 0 Å². The number of benzene rings is 1. The van der Waals surface area contributed by atoms with Crippen LogP contribution >= 0.6 is 0 Å².